The minimum Gasteiger partial charge on any atom is -0.328 e. The maximum atomic E-state index is 12.8. The van der Waals surface area contributed by atoms with Crippen LogP contribution in [0, 0.1) is 5.92 Å². The van der Waals surface area contributed by atoms with Crippen LogP contribution in [0.1, 0.15) is 79.1 Å². The summed E-state index contributed by atoms with van der Waals surface area (Å²) in [7, 11) is -2.29. The standard InChI is InChI=1S/C16H33O2P/c1-5-9-11-15(7-3)13-18-19(17)14-16(19,8-4)12-10-6-2/h15H,5-14H2,1-4H3. The molecule has 2 nitrogen and oxygen atoms in total. The van der Waals surface area contributed by atoms with Crippen molar-refractivity contribution >= 4 is 7.37 Å². The summed E-state index contributed by atoms with van der Waals surface area (Å²) >= 11 is 0. The van der Waals surface area contributed by atoms with E-state index in [1.54, 1.807) is 0 Å². The molecule has 1 fully saturated rings. The third kappa shape index (κ3) is 4.33. The van der Waals surface area contributed by atoms with Crippen LogP contribution < -0.4 is 0 Å². The van der Waals surface area contributed by atoms with Gasteiger partial charge in [0, 0.05) is 6.16 Å². The van der Waals surface area contributed by atoms with Crippen molar-refractivity contribution in [1.82, 2.24) is 0 Å². The van der Waals surface area contributed by atoms with Gasteiger partial charge in [-0.2, -0.15) is 0 Å². The zero-order valence-corrected chi connectivity index (χ0v) is 14.3. The van der Waals surface area contributed by atoms with Crippen LogP contribution >= 0.6 is 7.37 Å². The van der Waals surface area contributed by atoms with Crippen LogP contribution in [0.5, 0.6) is 0 Å². The van der Waals surface area contributed by atoms with E-state index in [0.29, 0.717) is 5.92 Å². The van der Waals surface area contributed by atoms with E-state index < -0.39 is 7.37 Å². The van der Waals surface area contributed by atoms with E-state index in [-0.39, 0.29) is 5.16 Å². The summed E-state index contributed by atoms with van der Waals surface area (Å²) in [5, 5.41) is 0.0616. The van der Waals surface area contributed by atoms with Gasteiger partial charge in [0.15, 0.2) is 0 Å². The molecule has 0 aliphatic carbocycles. The Balaban J connectivity index is 2.42. The molecule has 0 N–H and O–H groups in total. The summed E-state index contributed by atoms with van der Waals surface area (Å²) in [5.41, 5.74) is 0. The van der Waals surface area contributed by atoms with Gasteiger partial charge in [0.25, 0.3) is 0 Å². The molecule has 1 saturated heterocycles. The smallest absolute Gasteiger partial charge is 0.210 e. The van der Waals surface area contributed by atoms with Gasteiger partial charge in [-0.05, 0) is 25.2 Å². The average Bonchev–Trinajstić information content (AvgIpc) is 3.03. The lowest BCUT2D eigenvalue weighted by atomic mass is 10.0. The van der Waals surface area contributed by atoms with E-state index in [0.717, 1.165) is 32.0 Å². The Labute approximate surface area is 120 Å². The second-order valence-electron chi connectivity index (χ2n) is 6.23. The van der Waals surface area contributed by atoms with Gasteiger partial charge in [0.05, 0.1) is 11.8 Å². The minimum atomic E-state index is -2.29. The highest BCUT2D eigenvalue weighted by Gasteiger charge is 2.64. The molecule has 3 atom stereocenters. The van der Waals surface area contributed by atoms with E-state index in [1.807, 2.05) is 0 Å². The Morgan fingerprint density at radius 1 is 1.16 bits per heavy atom. The molecule has 3 unspecified atom stereocenters. The maximum absolute atomic E-state index is 12.8. The molecule has 0 aromatic rings. The van der Waals surface area contributed by atoms with Crippen molar-refractivity contribution in [2.24, 2.45) is 5.92 Å². The first kappa shape index (κ1) is 17.2. The summed E-state index contributed by atoms with van der Waals surface area (Å²) in [4.78, 5) is 0. The second kappa shape index (κ2) is 7.84. The second-order valence-corrected chi connectivity index (χ2v) is 9.10. The Kier molecular flexibility index (Phi) is 7.11. The van der Waals surface area contributed by atoms with Crippen molar-refractivity contribution in [3.63, 3.8) is 0 Å². The molecule has 1 aliphatic rings. The van der Waals surface area contributed by atoms with Crippen molar-refractivity contribution in [1.29, 1.82) is 0 Å². The molecule has 1 rings (SSSR count). The Morgan fingerprint density at radius 3 is 2.37 bits per heavy atom. The van der Waals surface area contributed by atoms with Gasteiger partial charge in [-0.15, -0.1) is 0 Å². The lowest BCUT2D eigenvalue weighted by Gasteiger charge is -2.18. The fourth-order valence-corrected chi connectivity index (χ4v) is 6.17. The van der Waals surface area contributed by atoms with Crippen molar-refractivity contribution in [2.45, 2.75) is 84.2 Å². The predicted molar refractivity (Wildman–Crippen MR) is 84.3 cm³/mol. The van der Waals surface area contributed by atoms with Crippen LogP contribution in [0.15, 0.2) is 0 Å². The van der Waals surface area contributed by atoms with Crippen molar-refractivity contribution in [3.8, 4) is 0 Å². The minimum absolute atomic E-state index is 0.0616. The third-order valence-corrected chi connectivity index (χ3v) is 8.19. The molecule has 0 saturated carbocycles. The molecule has 0 bridgehead atoms. The van der Waals surface area contributed by atoms with Gasteiger partial charge in [0.1, 0.15) is 0 Å². The molecule has 0 spiro atoms. The largest absolute Gasteiger partial charge is 0.328 e. The van der Waals surface area contributed by atoms with Crippen molar-refractivity contribution < 1.29 is 9.09 Å². The quantitative estimate of drug-likeness (QED) is 0.446. The molecule has 3 heteroatoms. The molecule has 114 valence electrons. The van der Waals surface area contributed by atoms with Crippen LogP contribution in [0.3, 0.4) is 0 Å². The Bertz CT molecular complexity index is 303. The SMILES string of the molecule is CCCCC(CC)COP1(=O)CC1(CC)CCCC. The normalized spacial score (nSPS) is 31.4. The van der Waals surface area contributed by atoms with Gasteiger partial charge in [0.2, 0.25) is 7.37 Å². The molecule has 0 amide bonds. The summed E-state index contributed by atoms with van der Waals surface area (Å²) in [6, 6.07) is 0. The lowest BCUT2D eigenvalue weighted by Crippen LogP contribution is -2.10. The number of rotatable bonds is 11. The number of hydrogen-bond donors (Lipinski definition) is 0. The third-order valence-electron chi connectivity index (χ3n) is 4.84. The van der Waals surface area contributed by atoms with E-state index in [9.17, 15) is 4.57 Å². The van der Waals surface area contributed by atoms with E-state index >= 15 is 0 Å². The van der Waals surface area contributed by atoms with Crippen LogP contribution in [0.25, 0.3) is 0 Å². The summed E-state index contributed by atoms with van der Waals surface area (Å²) in [5.74, 6) is 0.604. The van der Waals surface area contributed by atoms with Crippen molar-refractivity contribution in [2.75, 3.05) is 12.8 Å². The molecule has 0 radical (unpaired) electrons. The monoisotopic (exact) mass is 288 g/mol. The van der Waals surface area contributed by atoms with Gasteiger partial charge in [-0.1, -0.05) is 59.8 Å². The van der Waals surface area contributed by atoms with Crippen molar-refractivity contribution in [3.05, 3.63) is 0 Å². The van der Waals surface area contributed by atoms with E-state index in [2.05, 4.69) is 27.7 Å². The van der Waals surface area contributed by atoms with Crippen LogP contribution in [-0.2, 0) is 9.09 Å². The Morgan fingerprint density at radius 2 is 1.84 bits per heavy atom. The topological polar surface area (TPSA) is 26.3 Å². The zero-order chi connectivity index (χ0) is 14.4. The summed E-state index contributed by atoms with van der Waals surface area (Å²) in [6.07, 6.45) is 10.2. The first-order chi connectivity index (χ1) is 9.07. The van der Waals surface area contributed by atoms with Gasteiger partial charge >= 0.3 is 0 Å². The van der Waals surface area contributed by atoms with E-state index in [4.69, 9.17) is 4.52 Å². The van der Waals surface area contributed by atoms with Crippen LogP contribution in [-0.4, -0.2) is 17.9 Å². The van der Waals surface area contributed by atoms with Gasteiger partial charge < -0.3 is 4.52 Å². The lowest BCUT2D eigenvalue weighted by molar-refractivity contribution is 0.239. The number of unbranched alkanes of at least 4 members (excludes halogenated alkanes) is 2. The fraction of sp³-hybridized carbons (Fsp3) is 1.00. The predicted octanol–water partition coefficient (Wildman–Crippen LogP) is 5.85. The molecule has 1 aliphatic heterocycles. The first-order valence-corrected chi connectivity index (χ1v) is 10.1. The first-order valence-electron chi connectivity index (χ1n) is 8.31. The average molecular weight is 288 g/mol. The van der Waals surface area contributed by atoms with Crippen LogP contribution in [0.2, 0.25) is 0 Å². The summed E-state index contributed by atoms with van der Waals surface area (Å²) in [6.45, 7) is 9.55. The molecule has 1 heterocycles. The molecule has 0 aromatic heterocycles. The molecular weight excluding hydrogens is 255 g/mol. The van der Waals surface area contributed by atoms with Gasteiger partial charge in [-0.25, -0.2) is 0 Å². The zero-order valence-electron chi connectivity index (χ0n) is 13.4. The fourth-order valence-electron chi connectivity index (χ4n) is 2.94. The Hall–Kier alpha value is 0.190. The van der Waals surface area contributed by atoms with Gasteiger partial charge in [-0.3, -0.25) is 4.57 Å². The van der Waals surface area contributed by atoms with E-state index in [1.165, 1.54) is 32.1 Å². The highest BCUT2D eigenvalue weighted by Crippen LogP contribution is 2.79. The molecule has 19 heavy (non-hydrogen) atoms. The highest BCUT2D eigenvalue weighted by molar-refractivity contribution is 7.68. The highest BCUT2D eigenvalue weighted by atomic mass is 31.2. The number of hydrogen-bond acceptors (Lipinski definition) is 2. The molecular formula is C16H33O2P. The summed E-state index contributed by atoms with van der Waals surface area (Å²) < 4.78 is 18.7. The van der Waals surface area contributed by atoms with Crippen LogP contribution in [0.4, 0.5) is 0 Å². The maximum Gasteiger partial charge on any atom is 0.210 e. The molecule has 0 aromatic carbocycles.